The van der Waals surface area contributed by atoms with Gasteiger partial charge in [-0.1, -0.05) is 54.6 Å². The molecule has 1 heterocycles. The second-order valence-electron chi connectivity index (χ2n) is 7.40. The number of fused-ring (bicyclic) bond motifs is 1. The number of nitrogens with one attached hydrogen (secondary N) is 1. The predicted octanol–water partition coefficient (Wildman–Crippen LogP) is 4.78. The molecule has 0 bridgehead atoms. The maximum absolute atomic E-state index is 13.1. The molecule has 33 heavy (non-hydrogen) atoms. The summed E-state index contributed by atoms with van der Waals surface area (Å²) in [5.41, 5.74) is 4.18. The molecule has 1 aromatic heterocycles. The van der Waals surface area contributed by atoms with Crippen LogP contribution in [0.3, 0.4) is 0 Å². The van der Waals surface area contributed by atoms with Crippen molar-refractivity contribution in [1.82, 2.24) is 4.98 Å². The highest BCUT2D eigenvalue weighted by Gasteiger charge is 2.16. The van der Waals surface area contributed by atoms with E-state index < -0.39 is 5.97 Å². The van der Waals surface area contributed by atoms with Gasteiger partial charge in [-0.2, -0.15) is 0 Å². The van der Waals surface area contributed by atoms with Crippen LogP contribution in [-0.4, -0.2) is 16.9 Å². The molecule has 160 valence electrons. The molecule has 5 rings (SSSR count). The van der Waals surface area contributed by atoms with E-state index in [1.807, 2.05) is 36.4 Å². The molecule has 0 radical (unpaired) electrons. The summed E-state index contributed by atoms with van der Waals surface area (Å²) in [6, 6.07) is 28.0. The van der Waals surface area contributed by atoms with Gasteiger partial charge >= 0.3 is 0 Å². The fourth-order valence-corrected chi connectivity index (χ4v) is 3.70. The van der Waals surface area contributed by atoms with E-state index in [1.165, 1.54) is 6.07 Å². The molecule has 0 saturated heterocycles. The van der Waals surface area contributed by atoms with Crippen molar-refractivity contribution >= 4 is 28.7 Å². The van der Waals surface area contributed by atoms with Crippen molar-refractivity contribution in [3.63, 3.8) is 0 Å². The standard InChI is InChI=1S/C27H18N2O4/c30-25(21-9-3-1-7-19(21)20-8-2-4-10-22(20)27(31)32)28-18-15-13-17(14-16-18)26-29-23-11-5-6-12-24(23)33-26/h1-16H,(H,28,30)(H,31,32)/p-1. The molecule has 1 amide bonds. The van der Waals surface area contributed by atoms with Crippen LogP contribution in [0.15, 0.2) is 101 Å². The first-order chi connectivity index (χ1) is 16.1. The first-order valence-electron chi connectivity index (χ1n) is 10.3. The number of aromatic carboxylic acids is 1. The maximum atomic E-state index is 13.1. The van der Waals surface area contributed by atoms with Crippen molar-refractivity contribution in [1.29, 1.82) is 0 Å². The van der Waals surface area contributed by atoms with Crippen LogP contribution < -0.4 is 10.4 Å². The van der Waals surface area contributed by atoms with Crippen LogP contribution in [0.25, 0.3) is 33.7 Å². The van der Waals surface area contributed by atoms with E-state index in [4.69, 9.17) is 4.42 Å². The summed E-state index contributed by atoms with van der Waals surface area (Å²) in [5.74, 6) is -1.15. The van der Waals surface area contributed by atoms with Crippen molar-refractivity contribution < 1.29 is 19.1 Å². The summed E-state index contributed by atoms with van der Waals surface area (Å²) in [6.07, 6.45) is 0. The van der Waals surface area contributed by atoms with E-state index >= 15 is 0 Å². The largest absolute Gasteiger partial charge is 0.545 e. The first kappa shape index (κ1) is 20.2. The average molecular weight is 433 g/mol. The number of benzene rings is 4. The predicted molar refractivity (Wildman–Crippen MR) is 124 cm³/mol. The van der Waals surface area contributed by atoms with Crippen molar-refractivity contribution in [2.45, 2.75) is 0 Å². The third kappa shape index (κ3) is 3.97. The number of rotatable bonds is 5. The monoisotopic (exact) mass is 433 g/mol. The lowest BCUT2D eigenvalue weighted by Gasteiger charge is -2.14. The van der Waals surface area contributed by atoms with Gasteiger partial charge < -0.3 is 19.6 Å². The Labute approximate surface area is 189 Å². The Kier molecular flexibility index (Phi) is 5.16. The van der Waals surface area contributed by atoms with Crippen LogP contribution in [0, 0.1) is 0 Å². The number of carbonyl (C=O) groups is 2. The molecule has 0 aliphatic rings. The fourth-order valence-electron chi connectivity index (χ4n) is 3.70. The highest BCUT2D eigenvalue weighted by molar-refractivity contribution is 6.10. The number of aromatic nitrogens is 1. The molecule has 6 nitrogen and oxygen atoms in total. The van der Waals surface area contributed by atoms with E-state index in [0.29, 0.717) is 33.9 Å². The number of hydrogen-bond acceptors (Lipinski definition) is 5. The number of oxazole rings is 1. The van der Waals surface area contributed by atoms with Gasteiger partial charge in [0.2, 0.25) is 5.89 Å². The highest BCUT2D eigenvalue weighted by atomic mass is 16.4. The van der Waals surface area contributed by atoms with Gasteiger partial charge in [0.15, 0.2) is 5.58 Å². The number of anilines is 1. The van der Waals surface area contributed by atoms with Crippen LogP contribution in [0.5, 0.6) is 0 Å². The van der Waals surface area contributed by atoms with E-state index in [-0.39, 0.29) is 11.5 Å². The zero-order chi connectivity index (χ0) is 22.8. The quantitative estimate of drug-likeness (QED) is 0.430. The minimum atomic E-state index is -1.30. The molecular formula is C27H17N2O4-. The Hall–Kier alpha value is -4.71. The molecule has 4 aromatic carbocycles. The number of carbonyl (C=O) groups excluding carboxylic acids is 2. The van der Waals surface area contributed by atoms with Crippen molar-refractivity contribution in [2.24, 2.45) is 0 Å². The first-order valence-corrected chi connectivity index (χ1v) is 10.3. The number of carboxylic acids is 1. The number of para-hydroxylation sites is 2. The summed E-state index contributed by atoms with van der Waals surface area (Å²) in [7, 11) is 0. The van der Waals surface area contributed by atoms with Gasteiger partial charge in [0.1, 0.15) is 5.52 Å². The summed E-state index contributed by atoms with van der Waals surface area (Å²) >= 11 is 0. The van der Waals surface area contributed by atoms with Crippen LogP contribution in [0.2, 0.25) is 0 Å². The van der Waals surface area contributed by atoms with Crippen LogP contribution in [-0.2, 0) is 0 Å². The lowest BCUT2D eigenvalue weighted by Crippen LogP contribution is -2.23. The second-order valence-corrected chi connectivity index (χ2v) is 7.40. The van der Waals surface area contributed by atoms with Gasteiger partial charge in [-0.3, -0.25) is 4.79 Å². The van der Waals surface area contributed by atoms with Gasteiger partial charge in [0.05, 0.1) is 5.97 Å². The number of carboxylic acid groups (broad SMARTS) is 1. The molecule has 6 heteroatoms. The Bertz CT molecular complexity index is 1450. The summed E-state index contributed by atoms with van der Waals surface area (Å²) in [6.45, 7) is 0. The summed E-state index contributed by atoms with van der Waals surface area (Å²) in [5, 5.41) is 14.4. The Balaban J connectivity index is 1.41. The molecule has 0 saturated carbocycles. The van der Waals surface area contributed by atoms with Crippen molar-refractivity contribution in [2.75, 3.05) is 5.32 Å². The van der Waals surface area contributed by atoms with E-state index in [9.17, 15) is 14.7 Å². The van der Waals surface area contributed by atoms with Crippen LogP contribution >= 0.6 is 0 Å². The molecule has 1 N–H and O–H groups in total. The SMILES string of the molecule is O=C([O-])c1ccccc1-c1ccccc1C(=O)Nc1ccc(-c2nc3ccccc3o2)cc1. The lowest BCUT2D eigenvalue weighted by atomic mass is 9.95. The third-order valence-electron chi connectivity index (χ3n) is 5.29. The zero-order valence-electron chi connectivity index (χ0n) is 17.3. The number of hydrogen-bond donors (Lipinski definition) is 1. The molecule has 0 fully saturated rings. The third-order valence-corrected chi connectivity index (χ3v) is 5.29. The Morgan fingerprint density at radius 3 is 2.03 bits per heavy atom. The Morgan fingerprint density at radius 1 is 0.727 bits per heavy atom. The van der Waals surface area contributed by atoms with Gasteiger partial charge in [-0.25, -0.2) is 4.98 Å². The molecule has 0 aliphatic heterocycles. The molecular weight excluding hydrogens is 416 g/mol. The van der Waals surface area contributed by atoms with E-state index in [2.05, 4.69) is 10.3 Å². The fraction of sp³-hybridized carbons (Fsp3) is 0. The van der Waals surface area contributed by atoms with Gasteiger partial charge in [-0.15, -0.1) is 0 Å². The van der Waals surface area contributed by atoms with Crippen LogP contribution in [0.4, 0.5) is 5.69 Å². The zero-order valence-corrected chi connectivity index (χ0v) is 17.3. The molecule has 5 aromatic rings. The Morgan fingerprint density at radius 2 is 1.33 bits per heavy atom. The average Bonchev–Trinajstić information content (AvgIpc) is 3.29. The second kappa shape index (κ2) is 8.43. The summed E-state index contributed by atoms with van der Waals surface area (Å²) in [4.78, 5) is 29.1. The minimum absolute atomic E-state index is 0.0282. The van der Waals surface area contributed by atoms with Crippen molar-refractivity contribution in [3.8, 4) is 22.6 Å². The van der Waals surface area contributed by atoms with Gasteiger partial charge in [0, 0.05) is 22.4 Å². The smallest absolute Gasteiger partial charge is 0.256 e. The number of nitrogens with zero attached hydrogens (tertiary/aromatic N) is 1. The maximum Gasteiger partial charge on any atom is 0.256 e. The molecule has 0 atom stereocenters. The van der Waals surface area contributed by atoms with Crippen LogP contribution in [0.1, 0.15) is 20.7 Å². The topological polar surface area (TPSA) is 95.3 Å². The van der Waals surface area contributed by atoms with Gasteiger partial charge in [-0.05, 0) is 53.6 Å². The summed E-state index contributed by atoms with van der Waals surface area (Å²) < 4.78 is 5.79. The number of amides is 1. The highest BCUT2D eigenvalue weighted by Crippen LogP contribution is 2.29. The molecule has 0 aliphatic carbocycles. The van der Waals surface area contributed by atoms with E-state index in [0.717, 1.165) is 11.1 Å². The molecule has 0 unspecified atom stereocenters. The van der Waals surface area contributed by atoms with E-state index in [1.54, 1.807) is 54.6 Å². The minimum Gasteiger partial charge on any atom is -0.545 e. The van der Waals surface area contributed by atoms with Gasteiger partial charge in [0.25, 0.3) is 5.91 Å². The molecule has 0 spiro atoms. The van der Waals surface area contributed by atoms with Crippen molar-refractivity contribution in [3.05, 3.63) is 108 Å². The lowest BCUT2D eigenvalue weighted by molar-refractivity contribution is -0.254. The normalized spacial score (nSPS) is 10.8.